The first-order valence-electron chi connectivity index (χ1n) is 3.08. The first-order valence-corrected chi connectivity index (χ1v) is 3.08. The lowest BCUT2D eigenvalue weighted by molar-refractivity contribution is -0.120. The van der Waals surface area contributed by atoms with Gasteiger partial charge in [-0.3, -0.25) is 4.79 Å². The maximum Gasteiger partial charge on any atom is 0.133 e. The molecule has 10 heavy (non-hydrogen) atoms. The summed E-state index contributed by atoms with van der Waals surface area (Å²) in [5.74, 6) is 5.94. The van der Waals surface area contributed by atoms with Crippen molar-refractivity contribution in [2.75, 3.05) is 0 Å². The summed E-state index contributed by atoms with van der Waals surface area (Å²) in [6.07, 6.45) is 0.700. The van der Waals surface area contributed by atoms with Gasteiger partial charge < -0.3 is 0 Å². The van der Waals surface area contributed by atoms with Gasteiger partial charge in [-0.05, 0) is 13.8 Å². The van der Waals surface area contributed by atoms with Crippen LogP contribution in [0.15, 0.2) is 0 Å². The molecule has 0 N–H and O–H groups in total. The standard InChI is InChI=1S/C8H12O.H2S/c1-4-5-6-7(2)8(3)9;/h7H,6H2,1-3H3;1H2/t7-;/m0./s1. The predicted molar refractivity (Wildman–Crippen MR) is 48.3 cm³/mol. The van der Waals surface area contributed by atoms with Crippen LogP contribution in [0.5, 0.6) is 0 Å². The Morgan fingerprint density at radius 3 is 2.40 bits per heavy atom. The monoisotopic (exact) mass is 158 g/mol. The van der Waals surface area contributed by atoms with Crippen molar-refractivity contribution in [2.45, 2.75) is 27.2 Å². The number of rotatable bonds is 2. The number of carbonyl (C=O) groups is 1. The zero-order chi connectivity index (χ0) is 7.28. The van der Waals surface area contributed by atoms with Crippen LogP contribution in [0.25, 0.3) is 0 Å². The topological polar surface area (TPSA) is 17.1 Å². The van der Waals surface area contributed by atoms with Crippen LogP contribution < -0.4 is 0 Å². The Morgan fingerprint density at radius 2 is 2.10 bits per heavy atom. The molecule has 0 spiro atoms. The Kier molecular flexibility index (Phi) is 8.22. The molecule has 1 atom stereocenters. The molecule has 0 radical (unpaired) electrons. The normalized spacial score (nSPS) is 10.3. The Morgan fingerprint density at radius 1 is 1.60 bits per heavy atom. The summed E-state index contributed by atoms with van der Waals surface area (Å²) in [5, 5.41) is 0. The molecular weight excluding hydrogens is 144 g/mol. The van der Waals surface area contributed by atoms with Crippen LogP contribution in [0, 0.1) is 17.8 Å². The Labute approximate surface area is 69.6 Å². The zero-order valence-electron chi connectivity index (χ0n) is 6.69. The average Bonchev–Trinajstić information content (AvgIpc) is 1.82. The predicted octanol–water partition coefficient (Wildman–Crippen LogP) is 1.74. The lowest BCUT2D eigenvalue weighted by atomic mass is 10.0. The summed E-state index contributed by atoms with van der Waals surface area (Å²) in [4.78, 5) is 10.6. The molecule has 0 aromatic carbocycles. The maximum absolute atomic E-state index is 10.6. The Bertz CT molecular complexity index is 152. The lowest BCUT2D eigenvalue weighted by Crippen LogP contribution is -2.04. The molecule has 0 saturated heterocycles. The third-order valence-corrected chi connectivity index (χ3v) is 1.28. The molecule has 0 aliphatic carbocycles. The minimum atomic E-state index is 0. The molecule has 0 aliphatic rings. The summed E-state index contributed by atoms with van der Waals surface area (Å²) in [5.41, 5.74) is 0. The van der Waals surface area contributed by atoms with E-state index in [1.807, 2.05) is 6.92 Å². The van der Waals surface area contributed by atoms with E-state index in [4.69, 9.17) is 0 Å². The van der Waals surface area contributed by atoms with E-state index >= 15 is 0 Å². The van der Waals surface area contributed by atoms with E-state index in [1.54, 1.807) is 13.8 Å². The fourth-order valence-electron chi connectivity index (χ4n) is 0.399. The highest BCUT2D eigenvalue weighted by Gasteiger charge is 2.03. The average molecular weight is 158 g/mol. The molecule has 2 heteroatoms. The van der Waals surface area contributed by atoms with Crippen LogP contribution in [0.1, 0.15) is 27.2 Å². The van der Waals surface area contributed by atoms with E-state index in [9.17, 15) is 4.79 Å². The number of carbonyl (C=O) groups excluding carboxylic acids is 1. The fraction of sp³-hybridized carbons (Fsp3) is 0.625. The first-order chi connectivity index (χ1) is 4.18. The van der Waals surface area contributed by atoms with E-state index in [-0.39, 0.29) is 25.2 Å². The SMILES string of the molecule is CC#CC[C@H](C)C(C)=O.S. The van der Waals surface area contributed by atoms with E-state index in [1.165, 1.54) is 0 Å². The second-order valence-electron chi connectivity index (χ2n) is 2.14. The Balaban J connectivity index is 0. The zero-order valence-corrected chi connectivity index (χ0v) is 7.69. The molecule has 0 bridgehead atoms. The van der Waals surface area contributed by atoms with Crippen LogP contribution in [0.3, 0.4) is 0 Å². The lowest BCUT2D eigenvalue weighted by Gasteiger charge is -1.98. The van der Waals surface area contributed by atoms with E-state index in [0.29, 0.717) is 6.42 Å². The molecular formula is C8H14OS. The number of hydrogen-bond donors (Lipinski definition) is 0. The maximum atomic E-state index is 10.6. The van der Waals surface area contributed by atoms with Crippen LogP contribution in [0.2, 0.25) is 0 Å². The smallest absolute Gasteiger partial charge is 0.133 e. The molecule has 58 valence electrons. The van der Waals surface area contributed by atoms with E-state index in [0.717, 1.165) is 0 Å². The molecule has 0 aromatic heterocycles. The Hall–Kier alpha value is -0.420. The van der Waals surface area contributed by atoms with Gasteiger partial charge in [0.15, 0.2) is 0 Å². The number of Topliss-reactive ketones (excluding diaryl/α,β-unsaturated/α-hetero) is 1. The van der Waals surface area contributed by atoms with Gasteiger partial charge in [0.25, 0.3) is 0 Å². The van der Waals surface area contributed by atoms with Crippen molar-refractivity contribution < 1.29 is 4.79 Å². The molecule has 0 aliphatic heterocycles. The second-order valence-corrected chi connectivity index (χ2v) is 2.14. The number of ketones is 1. The van der Waals surface area contributed by atoms with Crippen LogP contribution in [0.4, 0.5) is 0 Å². The van der Waals surface area contributed by atoms with Gasteiger partial charge in [0.05, 0.1) is 0 Å². The van der Waals surface area contributed by atoms with Crippen molar-refractivity contribution in [3.05, 3.63) is 0 Å². The molecule has 0 saturated carbocycles. The highest BCUT2D eigenvalue weighted by atomic mass is 32.1. The summed E-state index contributed by atoms with van der Waals surface area (Å²) >= 11 is 0. The minimum Gasteiger partial charge on any atom is -0.300 e. The molecule has 0 aromatic rings. The van der Waals surface area contributed by atoms with Gasteiger partial charge in [-0.1, -0.05) is 6.92 Å². The van der Waals surface area contributed by atoms with Crippen LogP contribution in [-0.4, -0.2) is 5.78 Å². The summed E-state index contributed by atoms with van der Waals surface area (Å²) in [6, 6.07) is 0. The van der Waals surface area contributed by atoms with Crippen molar-refractivity contribution >= 4 is 19.3 Å². The summed E-state index contributed by atoms with van der Waals surface area (Å²) < 4.78 is 0. The third kappa shape index (κ3) is 5.71. The van der Waals surface area contributed by atoms with E-state index < -0.39 is 0 Å². The molecule has 0 rings (SSSR count). The molecule has 1 nitrogen and oxygen atoms in total. The van der Waals surface area contributed by atoms with Crippen molar-refractivity contribution in [1.29, 1.82) is 0 Å². The van der Waals surface area contributed by atoms with Crippen LogP contribution in [-0.2, 0) is 4.79 Å². The molecule has 0 fully saturated rings. The quantitative estimate of drug-likeness (QED) is 0.559. The van der Waals surface area contributed by atoms with Gasteiger partial charge in [-0.25, -0.2) is 0 Å². The fourth-order valence-corrected chi connectivity index (χ4v) is 0.399. The third-order valence-electron chi connectivity index (χ3n) is 1.28. The van der Waals surface area contributed by atoms with Crippen molar-refractivity contribution in [3.8, 4) is 11.8 Å². The summed E-state index contributed by atoms with van der Waals surface area (Å²) in [6.45, 7) is 5.28. The van der Waals surface area contributed by atoms with Crippen molar-refractivity contribution in [2.24, 2.45) is 5.92 Å². The van der Waals surface area contributed by atoms with Gasteiger partial charge in [-0.15, -0.1) is 11.8 Å². The first kappa shape index (κ1) is 12.3. The molecule has 0 heterocycles. The molecule has 0 unspecified atom stereocenters. The molecule has 0 amide bonds. The van der Waals surface area contributed by atoms with Gasteiger partial charge in [0, 0.05) is 12.3 Å². The van der Waals surface area contributed by atoms with Gasteiger partial charge in [-0.2, -0.15) is 13.5 Å². The van der Waals surface area contributed by atoms with E-state index in [2.05, 4.69) is 11.8 Å². The highest BCUT2D eigenvalue weighted by Crippen LogP contribution is 2.00. The second kappa shape index (κ2) is 6.70. The number of hydrogen-bond acceptors (Lipinski definition) is 1. The largest absolute Gasteiger partial charge is 0.300 e. The van der Waals surface area contributed by atoms with Gasteiger partial charge in [0.1, 0.15) is 5.78 Å². The highest BCUT2D eigenvalue weighted by molar-refractivity contribution is 7.59. The minimum absolute atomic E-state index is 0. The van der Waals surface area contributed by atoms with Gasteiger partial charge >= 0.3 is 0 Å². The van der Waals surface area contributed by atoms with Crippen molar-refractivity contribution in [1.82, 2.24) is 0 Å². The van der Waals surface area contributed by atoms with Crippen molar-refractivity contribution in [3.63, 3.8) is 0 Å². The summed E-state index contributed by atoms with van der Waals surface area (Å²) in [7, 11) is 0. The van der Waals surface area contributed by atoms with Gasteiger partial charge in [0.2, 0.25) is 0 Å². The van der Waals surface area contributed by atoms with Crippen LogP contribution >= 0.6 is 13.5 Å².